The van der Waals surface area contributed by atoms with E-state index in [-0.39, 0.29) is 17.8 Å². The average Bonchev–Trinajstić information content (AvgIpc) is 3.04. The molecule has 0 spiro atoms. The third-order valence-corrected chi connectivity index (χ3v) is 4.83. The van der Waals surface area contributed by atoms with Crippen LogP contribution in [-0.2, 0) is 32.2 Å². The Morgan fingerprint density at radius 3 is 2.75 bits per heavy atom. The molecule has 1 atom stereocenters. The van der Waals surface area contributed by atoms with Crippen LogP contribution >= 0.6 is 0 Å². The van der Waals surface area contributed by atoms with Crippen LogP contribution in [0.2, 0.25) is 0 Å². The van der Waals surface area contributed by atoms with E-state index in [0.717, 1.165) is 30.8 Å². The van der Waals surface area contributed by atoms with E-state index < -0.39 is 5.92 Å². The molecule has 0 unspecified atom stereocenters. The Balaban J connectivity index is 1.84. The van der Waals surface area contributed by atoms with E-state index in [1.165, 1.54) is 0 Å². The molecule has 1 saturated heterocycles. The SMILES string of the molecule is CCOC(=O)[C@@H]1CN(C(=O)C2CCOCC2)Cc2ncn(CC)c21. The van der Waals surface area contributed by atoms with Crippen molar-refractivity contribution in [2.75, 3.05) is 26.4 Å². The topological polar surface area (TPSA) is 73.7 Å². The number of rotatable bonds is 4. The van der Waals surface area contributed by atoms with Crippen molar-refractivity contribution < 1.29 is 19.1 Å². The highest BCUT2D eigenvalue weighted by molar-refractivity contribution is 5.83. The van der Waals surface area contributed by atoms with E-state index >= 15 is 0 Å². The lowest BCUT2D eigenvalue weighted by atomic mass is 9.94. The van der Waals surface area contributed by atoms with Crippen LogP contribution in [0.1, 0.15) is 44.0 Å². The summed E-state index contributed by atoms with van der Waals surface area (Å²) in [5, 5.41) is 0. The Bertz CT molecular complexity index is 607. The zero-order chi connectivity index (χ0) is 17.1. The molecule has 0 radical (unpaired) electrons. The second kappa shape index (κ2) is 7.34. The molecule has 1 aromatic rings. The fourth-order valence-corrected chi connectivity index (χ4v) is 3.56. The number of ether oxygens (including phenoxy) is 2. The van der Waals surface area contributed by atoms with Crippen molar-refractivity contribution in [2.24, 2.45) is 5.92 Å². The lowest BCUT2D eigenvalue weighted by Gasteiger charge is -2.35. The highest BCUT2D eigenvalue weighted by atomic mass is 16.5. The fourth-order valence-electron chi connectivity index (χ4n) is 3.56. The van der Waals surface area contributed by atoms with Gasteiger partial charge in [-0.25, -0.2) is 4.98 Å². The molecule has 7 nitrogen and oxygen atoms in total. The van der Waals surface area contributed by atoms with Gasteiger partial charge in [0.1, 0.15) is 5.92 Å². The van der Waals surface area contributed by atoms with Crippen molar-refractivity contribution in [3.8, 4) is 0 Å². The molecule has 0 N–H and O–H groups in total. The Hall–Kier alpha value is -1.89. The summed E-state index contributed by atoms with van der Waals surface area (Å²) in [5.41, 5.74) is 1.70. The first-order valence-corrected chi connectivity index (χ1v) is 8.72. The lowest BCUT2D eigenvalue weighted by Crippen LogP contribution is -2.45. The summed E-state index contributed by atoms with van der Waals surface area (Å²) in [7, 11) is 0. The number of carbonyl (C=O) groups is 2. The minimum absolute atomic E-state index is 0.0172. The predicted molar refractivity (Wildman–Crippen MR) is 86.2 cm³/mol. The third-order valence-electron chi connectivity index (χ3n) is 4.83. The molecular weight excluding hydrogens is 310 g/mol. The van der Waals surface area contributed by atoms with Crippen LogP contribution in [0.15, 0.2) is 6.33 Å². The van der Waals surface area contributed by atoms with Gasteiger partial charge in [-0.15, -0.1) is 0 Å². The predicted octanol–water partition coefficient (Wildman–Crippen LogP) is 1.32. The van der Waals surface area contributed by atoms with Crippen LogP contribution < -0.4 is 0 Å². The van der Waals surface area contributed by atoms with Crippen LogP contribution in [-0.4, -0.2) is 52.7 Å². The quantitative estimate of drug-likeness (QED) is 0.776. The Kier molecular flexibility index (Phi) is 5.18. The fraction of sp³-hybridized carbons (Fsp3) is 0.706. The Morgan fingerprint density at radius 1 is 1.33 bits per heavy atom. The second-order valence-corrected chi connectivity index (χ2v) is 6.27. The smallest absolute Gasteiger partial charge is 0.316 e. The zero-order valence-electron chi connectivity index (χ0n) is 14.4. The second-order valence-electron chi connectivity index (χ2n) is 6.27. The summed E-state index contributed by atoms with van der Waals surface area (Å²) in [6.07, 6.45) is 3.24. The number of imidazole rings is 1. The van der Waals surface area contributed by atoms with E-state index in [2.05, 4.69) is 4.98 Å². The van der Waals surface area contributed by atoms with Gasteiger partial charge < -0.3 is 18.9 Å². The highest BCUT2D eigenvalue weighted by Gasteiger charge is 2.38. The standard InChI is InChI=1S/C17H25N3O4/c1-3-19-11-18-14-10-20(16(21)12-5-7-23-8-6-12)9-13(15(14)19)17(22)24-4-2/h11-13H,3-10H2,1-2H3/t13-/m1/s1. The number of esters is 1. The third kappa shape index (κ3) is 3.17. The first-order valence-electron chi connectivity index (χ1n) is 8.72. The molecule has 0 bridgehead atoms. The van der Waals surface area contributed by atoms with E-state index in [4.69, 9.17) is 9.47 Å². The van der Waals surface area contributed by atoms with Gasteiger partial charge >= 0.3 is 5.97 Å². The van der Waals surface area contributed by atoms with Gasteiger partial charge in [-0.2, -0.15) is 0 Å². The molecule has 3 rings (SSSR count). The van der Waals surface area contributed by atoms with Crippen LogP contribution in [0.5, 0.6) is 0 Å². The summed E-state index contributed by atoms with van der Waals surface area (Å²) < 4.78 is 12.6. The van der Waals surface area contributed by atoms with Gasteiger partial charge in [0.05, 0.1) is 30.9 Å². The van der Waals surface area contributed by atoms with Crippen LogP contribution in [0.25, 0.3) is 0 Å². The molecule has 24 heavy (non-hydrogen) atoms. The normalized spacial score (nSPS) is 21.4. The number of hydrogen-bond acceptors (Lipinski definition) is 5. The van der Waals surface area contributed by atoms with Crippen molar-refractivity contribution in [3.63, 3.8) is 0 Å². The van der Waals surface area contributed by atoms with Crippen molar-refractivity contribution in [1.82, 2.24) is 14.5 Å². The van der Waals surface area contributed by atoms with Gasteiger partial charge in [0.2, 0.25) is 5.91 Å². The van der Waals surface area contributed by atoms with E-state index in [0.29, 0.717) is 32.9 Å². The number of hydrogen-bond donors (Lipinski definition) is 0. The largest absolute Gasteiger partial charge is 0.465 e. The number of carbonyl (C=O) groups excluding carboxylic acids is 2. The number of nitrogens with zero attached hydrogens (tertiary/aromatic N) is 3. The monoisotopic (exact) mass is 335 g/mol. The first-order chi connectivity index (χ1) is 11.7. The van der Waals surface area contributed by atoms with Crippen molar-refractivity contribution >= 4 is 11.9 Å². The summed E-state index contributed by atoms with van der Waals surface area (Å²) >= 11 is 0. The van der Waals surface area contributed by atoms with E-state index in [1.807, 2.05) is 11.5 Å². The molecule has 7 heteroatoms. The Labute approximate surface area is 141 Å². The number of amides is 1. The minimum Gasteiger partial charge on any atom is -0.465 e. The van der Waals surface area contributed by atoms with Gasteiger partial charge in [0.25, 0.3) is 0 Å². The maximum absolute atomic E-state index is 12.8. The van der Waals surface area contributed by atoms with Gasteiger partial charge in [0, 0.05) is 32.2 Å². The lowest BCUT2D eigenvalue weighted by molar-refractivity contribution is -0.148. The van der Waals surface area contributed by atoms with Gasteiger partial charge in [-0.1, -0.05) is 0 Å². The van der Waals surface area contributed by atoms with Crippen molar-refractivity contribution in [2.45, 2.75) is 45.7 Å². The molecule has 1 amide bonds. The van der Waals surface area contributed by atoms with Crippen LogP contribution in [0, 0.1) is 5.92 Å². The number of aryl methyl sites for hydroxylation is 1. The Morgan fingerprint density at radius 2 is 2.08 bits per heavy atom. The molecule has 132 valence electrons. The van der Waals surface area contributed by atoms with Crippen LogP contribution in [0.3, 0.4) is 0 Å². The molecule has 2 aliphatic rings. The average molecular weight is 335 g/mol. The summed E-state index contributed by atoms with van der Waals surface area (Å²) in [4.78, 5) is 31.5. The van der Waals surface area contributed by atoms with Crippen molar-refractivity contribution in [1.29, 1.82) is 0 Å². The number of aromatic nitrogens is 2. The van der Waals surface area contributed by atoms with Gasteiger partial charge in [-0.05, 0) is 26.7 Å². The highest BCUT2D eigenvalue weighted by Crippen LogP contribution is 2.31. The van der Waals surface area contributed by atoms with Gasteiger partial charge in [-0.3, -0.25) is 9.59 Å². The maximum atomic E-state index is 12.8. The molecule has 0 aliphatic carbocycles. The molecular formula is C17H25N3O4. The van der Waals surface area contributed by atoms with E-state index in [1.54, 1.807) is 18.2 Å². The zero-order valence-corrected chi connectivity index (χ0v) is 14.4. The maximum Gasteiger partial charge on any atom is 0.316 e. The molecule has 3 heterocycles. The molecule has 0 aromatic carbocycles. The van der Waals surface area contributed by atoms with E-state index in [9.17, 15) is 9.59 Å². The summed E-state index contributed by atoms with van der Waals surface area (Å²) in [6.45, 7) is 6.98. The first kappa shape index (κ1) is 17.0. The minimum atomic E-state index is -0.458. The summed E-state index contributed by atoms with van der Waals surface area (Å²) in [5.74, 6) is -0.654. The van der Waals surface area contributed by atoms with Gasteiger partial charge in [0.15, 0.2) is 0 Å². The van der Waals surface area contributed by atoms with Crippen molar-refractivity contribution in [3.05, 3.63) is 17.7 Å². The number of fused-ring (bicyclic) bond motifs is 1. The summed E-state index contributed by atoms with van der Waals surface area (Å²) in [6, 6.07) is 0. The molecule has 0 saturated carbocycles. The molecule has 1 aromatic heterocycles. The van der Waals surface area contributed by atoms with Crippen LogP contribution in [0.4, 0.5) is 0 Å². The molecule has 1 fully saturated rings. The molecule has 2 aliphatic heterocycles.